The maximum Gasteiger partial charge on any atom is 0.109 e. The standard InChI is InChI=1S/C23H38N2/c1-3-5-7-8-9-10-11-12-16-20-25-22-18-15-14-17-21(22)24-23(25)19-13-6-4-2/h14-15,17-18H,3-13,16,19-20H2,1-2H3. The predicted octanol–water partition coefficient (Wildman–Crippen LogP) is 7.30. The molecule has 0 unspecified atom stereocenters. The molecule has 2 rings (SSSR count). The van der Waals surface area contributed by atoms with E-state index in [9.17, 15) is 0 Å². The van der Waals surface area contributed by atoms with E-state index in [-0.39, 0.29) is 0 Å². The van der Waals surface area contributed by atoms with Crippen LogP contribution in [-0.2, 0) is 13.0 Å². The molecular weight excluding hydrogens is 304 g/mol. The number of para-hydroxylation sites is 2. The minimum Gasteiger partial charge on any atom is -0.328 e. The van der Waals surface area contributed by atoms with Crippen molar-refractivity contribution in [3.05, 3.63) is 30.1 Å². The Bertz CT molecular complexity index is 585. The molecule has 0 N–H and O–H groups in total. The Kier molecular flexibility index (Phi) is 9.69. The summed E-state index contributed by atoms with van der Waals surface area (Å²) in [6.45, 7) is 5.69. The normalized spacial score (nSPS) is 11.4. The first-order chi connectivity index (χ1) is 12.4. The van der Waals surface area contributed by atoms with Gasteiger partial charge in [-0.1, -0.05) is 90.2 Å². The molecule has 1 aromatic heterocycles. The molecule has 0 aliphatic heterocycles. The van der Waals surface area contributed by atoms with Gasteiger partial charge < -0.3 is 4.57 Å². The van der Waals surface area contributed by atoms with E-state index in [2.05, 4.69) is 42.7 Å². The fraction of sp³-hybridized carbons (Fsp3) is 0.696. The van der Waals surface area contributed by atoms with E-state index in [0.29, 0.717) is 0 Å². The van der Waals surface area contributed by atoms with Crippen LogP contribution in [0.1, 0.15) is 96.7 Å². The van der Waals surface area contributed by atoms with Crippen molar-refractivity contribution in [3.8, 4) is 0 Å². The first-order valence-corrected chi connectivity index (χ1v) is 10.8. The number of benzene rings is 1. The zero-order chi connectivity index (χ0) is 17.7. The molecular formula is C23H38N2. The summed E-state index contributed by atoms with van der Waals surface area (Å²) in [5.41, 5.74) is 2.50. The van der Waals surface area contributed by atoms with Crippen LogP contribution >= 0.6 is 0 Å². The number of aromatic nitrogens is 2. The monoisotopic (exact) mass is 342 g/mol. The third kappa shape index (κ3) is 6.84. The zero-order valence-electron chi connectivity index (χ0n) is 16.6. The van der Waals surface area contributed by atoms with Gasteiger partial charge in [-0.25, -0.2) is 4.98 Å². The van der Waals surface area contributed by atoms with Crippen molar-refractivity contribution in [2.45, 2.75) is 104 Å². The third-order valence-electron chi connectivity index (χ3n) is 5.22. The summed E-state index contributed by atoms with van der Waals surface area (Å²) in [4.78, 5) is 4.90. The lowest BCUT2D eigenvalue weighted by Crippen LogP contribution is -2.04. The average Bonchev–Trinajstić information content (AvgIpc) is 2.98. The third-order valence-corrected chi connectivity index (χ3v) is 5.22. The summed E-state index contributed by atoms with van der Waals surface area (Å²) in [5.74, 6) is 1.30. The Labute approximate surface area is 155 Å². The molecule has 0 amide bonds. The van der Waals surface area contributed by atoms with Gasteiger partial charge in [0.2, 0.25) is 0 Å². The molecule has 2 nitrogen and oxygen atoms in total. The molecule has 0 atom stereocenters. The highest BCUT2D eigenvalue weighted by molar-refractivity contribution is 5.75. The molecule has 0 spiro atoms. The minimum absolute atomic E-state index is 1.12. The summed E-state index contributed by atoms with van der Waals surface area (Å²) >= 11 is 0. The highest BCUT2D eigenvalue weighted by Crippen LogP contribution is 2.19. The molecule has 2 heteroatoms. The van der Waals surface area contributed by atoms with Crippen molar-refractivity contribution in [1.29, 1.82) is 0 Å². The lowest BCUT2D eigenvalue weighted by Gasteiger charge is -2.09. The van der Waals surface area contributed by atoms with Gasteiger partial charge in [-0.05, 0) is 25.0 Å². The average molecular weight is 343 g/mol. The van der Waals surface area contributed by atoms with E-state index in [4.69, 9.17) is 4.98 Å². The smallest absolute Gasteiger partial charge is 0.109 e. The largest absolute Gasteiger partial charge is 0.328 e. The van der Waals surface area contributed by atoms with Crippen LogP contribution in [0.5, 0.6) is 0 Å². The topological polar surface area (TPSA) is 17.8 Å². The van der Waals surface area contributed by atoms with Crippen molar-refractivity contribution in [3.63, 3.8) is 0 Å². The Balaban J connectivity index is 1.77. The summed E-state index contributed by atoms with van der Waals surface area (Å²) in [6.07, 6.45) is 17.5. The lowest BCUT2D eigenvalue weighted by molar-refractivity contribution is 0.533. The van der Waals surface area contributed by atoms with Crippen LogP contribution in [0.3, 0.4) is 0 Å². The molecule has 0 saturated heterocycles. The molecule has 0 fully saturated rings. The van der Waals surface area contributed by atoms with Crippen LogP contribution in [0.25, 0.3) is 11.0 Å². The second-order valence-electron chi connectivity index (χ2n) is 7.45. The van der Waals surface area contributed by atoms with Gasteiger partial charge in [0.05, 0.1) is 11.0 Å². The number of aryl methyl sites for hydroxylation is 2. The Morgan fingerprint density at radius 2 is 1.32 bits per heavy atom. The van der Waals surface area contributed by atoms with E-state index in [0.717, 1.165) is 13.0 Å². The molecule has 140 valence electrons. The Morgan fingerprint density at radius 3 is 2.04 bits per heavy atom. The molecule has 25 heavy (non-hydrogen) atoms. The molecule has 0 radical (unpaired) electrons. The second-order valence-corrected chi connectivity index (χ2v) is 7.45. The van der Waals surface area contributed by atoms with Gasteiger partial charge in [0.25, 0.3) is 0 Å². The maximum atomic E-state index is 4.90. The molecule has 0 bridgehead atoms. The summed E-state index contributed by atoms with van der Waals surface area (Å²) in [5, 5.41) is 0. The summed E-state index contributed by atoms with van der Waals surface area (Å²) in [7, 11) is 0. The van der Waals surface area contributed by atoms with Crippen LogP contribution in [0.4, 0.5) is 0 Å². The van der Waals surface area contributed by atoms with E-state index >= 15 is 0 Å². The Hall–Kier alpha value is -1.31. The van der Waals surface area contributed by atoms with Gasteiger partial charge in [-0.15, -0.1) is 0 Å². The van der Waals surface area contributed by atoms with Gasteiger partial charge in [0.1, 0.15) is 5.82 Å². The van der Waals surface area contributed by atoms with Crippen molar-refractivity contribution in [1.82, 2.24) is 9.55 Å². The fourth-order valence-corrected chi connectivity index (χ4v) is 3.68. The van der Waals surface area contributed by atoms with Crippen LogP contribution in [0.15, 0.2) is 24.3 Å². The number of rotatable bonds is 14. The predicted molar refractivity (Wildman–Crippen MR) is 110 cm³/mol. The van der Waals surface area contributed by atoms with E-state index in [1.54, 1.807) is 0 Å². The van der Waals surface area contributed by atoms with Crippen molar-refractivity contribution >= 4 is 11.0 Å². The van der Waals surface area contributed by atoms with Crippen molar-refractivity contribution in [2.75, 3.05) is 0 Å². The van der Waals surface area contributed by atoms with E-state index in [1.807, 2.05) is 0 Å². The number of hydrogen-bond donors (Lipinski definition) is 0. The number of fused-ring (bicyclic) bond motifs is 1. The van der Waals surface area contributed by atoms with Crippen molar-refractivity contribution < 1.29 is 0 Å². The number of imidazole rings is 1. The zero-order valence-corrected chi connectivity index (χ0v) is 16.6. The first kappa shape index (κ1) is 20.0. The fourth-order valence-electron chi connectivity index (χ4n) is 3.68. The molecule has 2 aromatic rings. The SMILES string of the molecule is CCCCCCCCCCCn1c(CCCCC)nc2ccccc21. The quantitative estimate of drug-likeness (QED) is 0.329. The van der Waals surface area contributed by atoms with Crippen molar-refractivity contribution in [2.24, 2.45) is 0 Å². The first-order valence-electron chi connectivity index (χ1n) is 10.8. The van der Waals surface area contributed by atoms with Gasteiger partial charge >= 0.3 is 0 Å². The van der Waals surface area contributed by atoms with Crippen LogP contribution in [0.2, 0.25) is 0 Å². The molecule has 1 aromatic carbocycles. The molecule has 1 heterocycles. The molecule has 0 aliphatic rings. The van der Waals surface area contributed by atoms with Gasteiger partial charge in [0.15, 0.2) is 0 Å². The lowest BCUT2D eigenvalue weighted by atomic mass is 10.1. The van der Waals surface area contributed by atoms with E-state index < -0.39 is 0 Å². The summed E-state index contributed by atoms with van der Waals surface area (Å²) < 4.78 is 2.49. The van der Waals surface area contributed by atoms with Crippen LogP contribution in [-0.4, -0.2) is 9.55 Å². The number of nitrogens with zero attached hydrogens (tertiary/aromatic N) is 2. The maximum absolute atomic E-state index is 4.90. The highest BCUT2D eigenvalue weighted by Gasteiger charge is 2.09. The van der Waals surface area contributed by atoms with Crippen LogP contribution < -0.4 is 0 Å². The number of hydrogen-bond acceptors (Lipinski definition) is 1. The minimum atomic E-state index is 1.12. The highest BCUT2D eigenvalue weighted by atomic mass is 15.1. The number of unbranched alkanes of at least 4 members (excludes halogenated alkanes) is 10. The molecule has 0 aliphatic carbocycles. The van der Waals surface area contributed by atoms with E-state index in [1.165, 1.54) is 93.9 Å². The van der Waals surface area contributed by atoms with Crippen LogP contribution in [0, 0.1) is 0 Å². The van der Waals surface area contributed by atoms with Gasteiger partial charge in [0, 0.05) is 13.0 Å². The van der Waals surface area contributed by atoms with Gasteiger partial charge in [-0.2, -0.15) is 0 Å². The summed E-state index contributed by atoms with van der Waals surface area (Å²) in [6, 6.07) is 8.64. The molecule has 0 saturated carbocycles. The Morgan fingerprint density at radius 1 is 0.720 bits per heavy atom. The van der Waals surface area contributed by atoms with Gasteiger partial charge in [-0.3, -0.25) is 0 Å². The second kappa shape index (κ2) is 12.1.